The summed E-state index contributed by atoms with van der Waals surface area (Å²) >= 11 is 0. The van der Waals surface area contributed by atoms with Crippen molar-refractivity contribution < 1.29 is 9.53 Å². The van der Waals surface area contributed by atoms with Gasteiger partial charge in [0.2, 0.25) is 0 Å². The topological polar surface area (TPSA) is 61.2 Å². The van der Waals surface area contributed by atoms with Gasteiger partial charge in [-0.15, -0.1) is 0 Å². The van der Waals surface area contributed by atoms with Gasteiger partial charge in [-0.25, -0.2) is 4.68 Å². The van der Waals surface area contributed by atoms with Crippen LogP contribution in [0, 0.1) is 0 Å². The standard InChI is InChI=1S/C26H22N2O3/c1-31-23-14-12-19(13-15-23)16-22-17-24(20-8-4-2-5-9-20)27-28(26(22)30)18-25(29)21-10-6-3-7-11-21/h2-15,17H,16,18H2,1H3. The molecule has 3 aromatic carbocycles. The van der Waals surface area contributed by atoms with E-state index >= 15 is 0 Å². The van der Waals surface area contributed by atoms with E-state index in [1.807, 2.05) is 66.7 Å². The van der Waals surface area contributed by atoms with E-state index < -0.39 is 0 Å². The molecule has 0 saturated heterocycles. The van der Waals surface area contributed by atoms with Crippen molar-refractivity contribution in [1.82, 2.24) is 9.78 Å². The number of carbonyl (C=O) groups is 1. The number of carbonyl (C=O) groups excluding carboxylic acids is 1. The molecule has 0 aliphatic heterocycles. The number of Topliss-reactive ketones (excluding diaryl/α,β-unsaturated/α-hetero) is 1. The molecule has 0 N–H and O–H groups in total. The van der Waals surface area contributed by atoms with Gasteiger partial charge in [0.1, 0.15) is 12.3 Å². The summed E-state index contributed by atoms with van der Waals surface area (Å²) in [6.45, 7) is -0.112. The summed E-state index contributed by atoms with van der Waals surface area (Å²) in [7, 11) is 1.62. The van der Waals surface area contributed by atoms with Crippen molar-refractivity contribution in [3.8, 4) is 17.0 Å². The highest BCUT2D eigenvalue weighted by molar-refractivity contribution is 5.95. The summed E-state index contributed by atoms with van der Waals surface area (Å²) in [6.07, 6.45) is 0.435. The van der Waals surface area contributed by atoms with E-state index in [0.29, 0.717) is 23.2 Å². The summed E-state index contributed by atoms with van der Waals surface area (Å²) in [6, 6.07) is 28.0. The third-order valence-corrected chi connectivity index (χ3v) is 5.06. The van der Waals surface area contributed by atoms with Crippen LogP contribution in [-0.2, 0) is 13.0 Å². The zero-order chi connectivity index (χ0) is 21.6. The number of aromatic nitrogens is 2. The number of ether oxygens (including phenoxy) is 1. The fraction of sp³-hybridized carbons (Fsp3) is 0.115. The third kappa shape index (κ3) is 4.78. The molecule has 4 rings (SSSR count). The highest BCUT2D eigenvalue weighted by Crippen LogP contribution is 2.19. The molecule has 1 aromatic heterocycles. The van der Waals surface area contributed by atoms with Crippen LogP contribution in [0.2, 0.25) is 0 Å². The van der Waals surface area contributed by atoms with Crippen molar-refractivity contribution >= 4 is 5.78 Å². The first-order valence-corrected chi connectivity index (χ1v) is 10.0. The second kappa shape index (κ2) is 9.22. The van der Waals surface area contributed by atoms with Gasteiger partial charge in [0, 0.05) is 23.1 Å². The number of nitrogens with zero attached hydrogens (tertiary/aromatic N) is 2. The fourth-order valence-corrected chi connectivity index (χ4v) is 3.40. The molecular formula is C26H22N2O3. The smallest absolute Gasteiger partial charge is 0.270 e. The van der Waals surface area contributed by atoms with Crippen LogP contribution in [0.5, 0.6) is 5.75 Å². The predicted molar refractivity (Wildman–Crippen MR) is 121 cm³/mol. The van der Waals surface area contributed by atoms with Crippen LogP contribution in [0.15, 0.2) is 95.8 Å². The Balaban J connectivity index is 1.73. The zero-order valence-electron chi connectivity index (χ0n) is 17.2. The molecule has 0 amide bonds. The number of ketones is 1. The molecule has 0 aliphatic carbocycles. The molecule has 0 bridgehead atoms. The lowest BCUT2D eigenvalue weighted by Crippen LogP contribution is -2.30. The SMILES string of the molecule is COc1ccc(Cc2cc(-c3ccccc3)nn(CC(=O)c3ccccc3)c2=O)cc1. The first-order valence-electron chi connectivity index (χ1n) is 10.0. The summed E-state index contributed by atoms with van der Waals surface area (Å²) in [4.78, 5) is 25.9. The Bertz CT molecular complexity index is 1230. The van der Waals surface area contributed by atoms with Gasteiger partial charge < -0.3 is 4.74 Å². The summed E-state index contributed by atoms with van der Waals surface area (Å²) in [5.74, 6) is 0.602. The second-order valence-corrected chi connectivity index (χ2v) is 7.20. The molecule has 31 heavy (non-hydrogen) atoms. The van der Waals surface area contributed by atoms with Gasteiger partial charge in [-0.05, 0) is 23.8 Å². The van der Waals surface area contributed by atoms with Crippen molar-refractivity contribution in [3.05, 3.63) is 118 Å². The Kier molecular flexibility index (Phi) is 6.03. The van der Waals surface area contributed by atoms with Gasteiger partial charge in [-0.2, -0.15) is 5.10 Å². The van der Waals surface area contributed by atoms with Crippen LogP contribution < -0.4 is 10.3 Å². The highest BCUT2D eigenvalue weighted by atomic mass is 16.5. The molecule has 0 saturated carbocycles. The number of hydrogen-bond acceptors (Lipinski definition) is 4. The van der Waals surface area contributed by atoms with Gasteiger partial charge in [0.25, 0.3) is 5.56 Å². The van der Waals surface area contributed by atoms with Crippen molar-refractivity contribution in [3.63, 3.8) is 0 Å². The molecule has 0 atom stereocenters. The lowest BCUT2D eigenvalue weighted by molar-refractivity contribution is 0.0965. The molecule has 0 aliphatic rings. The molecular weight excluding hydrogens is 388 g/mol. The zero-order valence-corrected chi connectivity index (χ0v) is 17.2. The number of benzene rings is 3. The van der Waals surface area contributed by atoms with Crippen molar-refractivity contribution in [1.29, 1.82) is 0 Å². The van der Waals surface area contributed by atoms with E-state index in [0.717, 1.165) is 16.9 Å². The van der Waals surface area contributed by atoms with E-state index in [1.54, 1.807) is 31.4 Å². The summed E-state index contributed by atoms with van der Waals surface area (Å²) in [5, 5.41) is 4.50. The molecule has 0 spiro atoms. The van der Waals surface area contributed by atoms with Crippen LogP contribution in [-0.4, -0.2) is 22.7 Å². The van der Waals surface area contributed by atoms with E-state index in [9.17, 15) is 9.59 Å². The summed E-state index contributed by atoms with van der Waals surface area (Å²) < 4.78 is 6.49. The molecule has 0 unspecified atom stereocenters. The first-order chi connectivity index (χ1) is 15.1. The van der Waals surface area contributed by atoms with Gasteiger partial charge in [0.15, 0.2) is 5.78 Å². The third-order valence-electron chi connectivity index (χ3n) is 5.06. The summed E-state index contributed by atoms with van der Waals surface area (Å²) in [5.41, 5.74) is 3.39. The fourth-order valence-electron chi connectivity index (χ4n) is 3.40. The van der Waals surface area contributed by atoms with Crippen LogP contribution in [0.1, 0.15) is 21.5 Å². The maximum absolute atomic E-state index is 13.2. The van der Waals surface area contributed by atoms with E-state index in [2.05, 4.69) is 5.10 Å². The maximum atomic E-state index is 13.2. The van der Waals surface area contributed by atoms with Crippen molar-refractivity contribution in [2.75, 3.05) is 7.11 Å². The van der Waals surface area contributed by atoms with Gasteiger partial charge in [-0.3, -0.25) is 9.59 Å². The molecule has 1 heterocycles. The molecule has 0 fully saturated rings. The number of rotatable bonds is 7. The minimum Gasteiger partial charge on any atom is -0.497 e. The monoisotopic (exact) mass is 410 g/mol. The van der Waals surface area contributed by atoms with Crippen LogP contribution >= 0.6 is 0 Å². The number of methoxy groups -OCH3 is 1. The average Bonchev–Trinajstić information content (AvgIpc) is 2.83. The first kappa shape index (κ1) is 20.3. The lowest BCUT2D eigenvalue weighted by Gasteiger charge is -2.11. The molecule has 5 nitrogen and oxygen atoms in total. The second-order valence-electron chi connectivity index (χ2n) is 7.20. The molecule has 154 valence electrons. The van der Waals surface area contributed by atoms with Gasteiger partial charge in [0.05, 0.1) is 12.8 Å². The number of hydrogen-bond donors (Lipinski definition) is 0. The van der Waals surface area contributed by atoms with Crippen molar-refractivity contribution in [2.24, 2.45) is 0 Å². The van der Waals surface area contributed by atoms with Gasteiger partial charge in [-0.1, -0.05) is 72.8 Å². The van der Waals surface area contributed by atoms with Gasteiger partial charge >= 0.3 is 0 Å². The molecule has 4 aromatic rings. The van der Waals surface area contributed by atoms with Crippen molar-refractivity contribution in [2.45, 2.75) is 13.0 Å². The largest absolute Gasteiger partial charge is 0.497 e. The Morgan fingerprint density at radius 3 is 2.19 bits per heavy atom. The molecule has 0 radical (unpaired) electrons. The Morgan fingerprint density at radius 2 is 1.55 bits per heavy atom. The lowest BCUT2D eigenvalue weighted by atomic mass is 10.0. The minimum atomic E-state index is -0.264. The minimum absolute atomic E-state index is 0.112. The molecule has 5 heteroatoms. The van der Waals surface area contributed by atoms with Crippen LogP contribution in [0.3, 0.4) is 0 Å². The van der Waals surface area contributed by atoms with Crippen LogP contribution in [0.25, 0.3) is 11.3 Å². The highest BCUT2D eigenvalue weighted by Gasteiger charge is 2.14. The normalized spacial score (nSPS) is 10.6. The van der Waals surface area contributed by atoms with Crippen LogP contribution in [0.4, 0.5) is 0 Å². The predicted octanol–water partition coefficient (Wildman–Crippen LogP) is 4.39. The quantitative estimate of drug-likeness (QED) is 0.424. The van der Waals surface area contributed by atoms with E-state index in [-0.39, 0.29) is 17.9 Å². The Labute approximate surface area is 180 Å². The Morgan fingerprint density at radius 1 is 0.903 bits per heavy atom. The Hall–Kier alpha value is -3.99. The maximum Gasteiger partial charge on any atom is 0.270 e. The van der Waals surface area contributed by atoms with E-state index in [1.165, 1.54) is 4.68 Å². The average molecular weight is 410 g/mol. The van der Waals surface area contributed by atoms with E-state index in [4.69, 9.17) is 4.74 Å².